The number of nitriles is 1. The predicted molar refractivity (Wildman–Crippen MR) is 90.4 cm³/mol. The molecule has 0 amide bonds. The van der Waals surface area contributed by atoms with Crippen molar-refractivity contribution in [2.75, 3.05) is 5.43 Å². The SMILES string of the molecule is N#C/C(=N\Nc1ccc(Br)cc1C(=O)c1ccccn1)C(=N)N. The first-order valence-electron chi connectivity index (χ1n) is 6.36. The number of halogens is 1. The van der Waals surface area contributed by atoms with Crippen molar-refractivity contribution in [3.05, 3.63) is 58.3 Å². The maximum absolute atomic E-state index is 12.6. The van der Waals surface area contributed by atoms with Crippen molar-refractivity contribution < 1.29 is 4.79 Å². The lowest BCUT2D eigenvalue weighted by atomic mass is 10.1. The topological polar surface area (TPSA) is 128 Å². The monoisotopic (exact) mass is 370 g/mol. The zero-order valence-corrected chi connectivity index (χ0v) is 13.3. The van der Waals surface area contributed by atoms with Crippen molar-refractivity contribution in [2.24, 2.45) is 10.8 Å². The van der Waals surface area contributed by atoms with Gasteiger partial charge in [-0.25, -0.2) is 0 Å². The van der Waals surface area contributed by atoms with Crippen LogP contribution >= 0.6 is 15.9 Å². The minimum Gasteiger partial charge on any atom is -0.382 e. The molecule has 23 heavy (non-hydrogen) atoms. The molecule has 1 aromatic heterocycles. The number of anilines is 1. The summed E-state index contributed by atoms with van der Waals surface area (Å²) in [5.74, 6) is -0.763. The van der Waals surface area contributed by atoms with Crippen molar-refractivity contribution in [1.82, 2.24) is 4.98 Å². The van der Waals surface area contributed by atoms with Crippen LogP contribution in [-0.4, -0.2) is 22.3 Å². The highest BCUT2D eigenvalue weighted by atomic mass is 79.9. The number of carbonyl (C=O) groups excluding carboxylic acids is 1. The van der Waals surface area contributed by atoms with Crippen LogP contribution in [0.15, 0.2) is 52.2 Å². The second-order valence-electron chi connectivity index (χ2n) is 4.33. The van der Waals surface area contributed by atoms with E-state index in [-0.39, 0.29) is 17.2 Å². The number of hydrogen-bond acceptors (Lipinski definition) is 6. The van der Waals surface area contributed by atoms with E-state index in [0.717, 1.165) is 0 Å². The van der Waals surface area contributed by atoms with Crippen LogP contribution in [0.5, 0.6) is 0 Å². The summed E-state index contributed by atoms with van der Waals surface area (Å²) < 4.78 is 0.707. The first-order valence-corrected chi connectivity index (χ1v) is 7.15. The predicted octanol–water partition coefficient (Wildman–Crippen LogP) is 2.30. The lowest BCUT2D eigenvalue weighted by Gasteiger charge is -2.09. The minimum atomic E-state index is -0.463. The summed E-state index contributed by atoms with van der Waals surface area (Å²) in [4.78, 5) is 16.6. The molecule has 0 bridgehead atoms. The van der Waals surface area contributed by atoms with Crippen molar-refractivity contribution in [3.8, 4) is 6.07 Å². The molecule has 0 saturated heterocycles. The second-order valence-corrected chi connectivity index (χ2v) is 5.25. The molecule has 0 spiro atoms. The minimum absolute atomic E-state index is 0.274. The van der Waals surface area contributed by atoms with Crippen LogP contribution in [0.2, 0.25) is 0 Å². The fraction of sp³-hybridized carbons (Fsp3) is 0. The smallest absolute Gasteiger partial charge is 0.213 e. The molecule has 1 aromatic carbocycles. The van der Waals surface area contributed by atoms with Crippen LogP contribution in [-0.2, 0) is 0 Å². The van der Waals surface area contributed by atoms with Gasteiger partial charge in [-0.05, 0) is 30.3 Å². The average molecular weight is 371 g/mol. The zero-order chi connectivity index (χ0) is 16.8. The Kier molecular flexibility index (Phi) is 5.17. The van der Waals surface area contributed by atoms with E-state index in [2.05, 4.69) is 31.4 Å². The fourth-order valence-electron chi connectivity index (χ4n) is 1.70. The highest BCUT2D eigenvalue weighted by Gasteiger charge is 2.15. The molecule has 0 aliphatic heterocycles. The van der Waals surface area contributed by atoms with E-state index in [1.807, 2.05) is 0 Å². The first kappa shape index (κ1) is 16.3. The summed E-state index contributed by atoms with van der Waals surface area (Å²) in [7, 11) is 0. The summed E-state index contributed by atoms with van der Waals surface area (Å²) in [6, 6.07) is 11.7. The van der Waals surface area contributed by atoms with Gasteiger partial charge < -0.3 is 5.73 Å². The van der Waals surface area contributed by atoms with E-state index in [9.17, 15) is 4.79 Å². The molecule has 0 saturated carbocycles. The number of ketones is 1. The quantitative estimate of drug-likeness (QED) is 0.322. The molecule has 7 nitrogen and oxygen atoms in total. The number of rotatable bonds is 5. The Balaban J connectivity index is 2.41. The number of nitrogens with one attached hydrogen (secondary N) is 2. The number of nitrogens with zero attached hydrogens (tertiary/aromatic N) is 3. The number of benzene rings is 1. The Hall–Kier alpha value is -3.05. The lowest BCUT2D eigenvalue weighted by molar-refractivity contribution is 0.103. The number of amidine groups is 1. The maximum atomic E-state index is 12.6. The van der Waals surface area contributed by atoms with E-state index in [0.29, 0.717) is 15.7 Å². The van der Waals surface area contributed by atoms with Crippen molar-refractivity contribution >= 4 is 38.9 Å². The number of hydrazone groups is 1. The molecular formula is C15H11BrN6O. The van der Waals surface area contributed by atoms with Crippen LogP contribution in [0.4, 0.5) is 5.69 Å². The van der Waals surface area contributed by atoms with Gasteiger partial charge in [-0.2, -0.15) is 10.4 Å². The van der Waals surface area contributed by atoms with E-state index in [1.165, 1.54) is 6.20 Å². The maximum Gasteiger partial charge on any atom is 0.213 e. The highest BCUT2D eigenvalue weighted by molar-refractivity contribution is 9.10. The Morgan fingerprint density at radius 1 is 1.39 bits per heavy atom. The van der Waals surface area contributed by atoms with Crippen LogP contribution < -0.4 is 11.2 Å². The summed E-state index contributed by atoms with van der Waals surface area (Å²) >= 11 is 3.31. The third kappa shape index (κ3) is 3.99. The lowest BCUT2D eigenvalue weighted by Crippen LogP contribution is -2.22. The van der Waals surface area contributed by atoms with E-state index in [4.69, 9.17) is 16.4 Å². The van der Waals surface area contributed by atoms with Gasteiger partial charge in [0.2, 0.25) is 11.5 Å². The Bertz CT molecular complexity index is 826. The van der Waals surface area contributed by atoms with Gasteiger partial charge in [0.25, 0.3) is 0 Å². The molecule has 0 aliphatic rings. The van der Waals surface area contributed by atoms with Crippen molar-refractivity contribution in [2.45, 2.75) is 0 Å². The summed E-state index contributed by atoms with van der Waals surface area (Å²) in [6.07, 6.45) is 1.53. The first-order chi connectivity index (χ1) is 11.0. The van der Waals surface area contributed by atoms with Gasteiger partial charge in [-0.15, -0.1) is 0 Å². The number of aromatic nitrogens is 1. The molecule has 0 atom stereocenters. The summed E-state index contributed by atoms with van der Waals surface area (Å²) in [5, 5.41) is 19.8. The van der Waals surface area contributed by atoms with Gasteiger partial charge in [0.15, 0.2) is 5.84 Å². The van der Waals surface area contributed by atoms with Crippen LogP contribution in [0, 0.1) is 16.7 Å². The van der Waals surface area contributed by atoms with E-state index >= 15 is 0 Å². The normalized spacial score (nSPS) is 10.7. The molecule has 0 aliphatic carbocycles. The molecule has 114 valence electrons. The van der Waals surface area contributed by atoms with Crippen LogP contribution in [0.1, 0.15) is 16.1 Å². The second kappa shape index (κ2) is 7.29. The number of hydrogen-bond donors (Lipinski definition) is 3. The summed E-state index contributed by atoms with van der Waals surface area (Å²) in [5.41, 5.74) is 8.53. The van der Waals surface area contributed by atoms with Gasteiger partial charge >= 0.3 is 0 Å². The van der Waals surface area contributed by atoms with Crippen molar-refractivity contribution in [1.29, 1.82) is 10.7 Å². The Morgan fingerprint density at radius 2 is 2.17 bits per heavy atom. The average Bonchev–Trinajstić information content (AvgIpc) is 2.56. The molecule has 8 heteroatoms. The Labute approximate surface area is 140 Å². The Morgan fingerprint density at radius 3 is 2.78 bits per heavy atom. The van der Waals surface area contributed by atoms with E-state index < -0.39 is 5.84 Å². The van der Waals surface area contributed by atoms with E-state index in [1.54, 1.807) is 42.5 Å². The van der Waals surface area contributed by atoms with Crippen LogP contribution in [0.3, 0.4) is 0 Å². The van der Waals surface area contributed by atoms with Crippen LogP contribution in [0.25, 0.3) is 0 Å². The standard InChI is InChI=1S/C15H11BrN6O/c16-9-4-5-11(21-22-13(8-17)15(18)19)10(7-9)14(23)12-3-1-2-6-20-12/h1-7,21H,(H3,18,19)/b22-13+. The van der Waals surface area contributed by atoms with Crippen molar-refractivity contribution in [3.63, 3.8) is 0 Å². The third-order valence-electron chi connectivity index (χ3n) is 2.77. The largest absolute Gasteiger partial charge is 0.382 e. The van der Waals surface area contributed by atoms with Gasteiger partial charge in [0.05, 0.1) is 11.3 Å². The number of carbonyl (C=O) groups is 1. The highest BCUT2D eigenvalue weighted by Crippen LogP contribution is 2.23. The molecule has 2 rings (SSSR count). The molecule has 0 unspecified atom stereocenters. The van der Waals surface area contributed by atoms with Gasteiger partial charge in [0, 0.05) is 10.7 Å². The zero-order valence-electron chi connectivity index (χ0n) is 11.7. The third-order valence-corrected chi connectivity index (χ3v) is 3.27. The molecule has 0 radical (unpaired) electrons. The molecule has 1 heterocycles. The van der Waals surface area contributed by atoms with Gasteiger partial charge in [-0.3, -0.25) is 20.6 Å². The summed E-state index contributed by atoms with van der Waals surface area (Å²) in [6.45, 7) is 0. The fourth-order valence-corrected chi connectivity index (χ4v) is 2.06. The molecule has 2 aromatic rings. The van der Waals surface area contributed by atoms with Gasteiger partial charge in [0.1, 0.15) is 11.8 Å². The number of nitrogens with two attached hydrogens (primary N) is 1. The molecule has 4 N–H and O–H groups in total. The number of pyridine rings is 1. The van der Waals surface area contributed by atoms with Gasteiger partial charge in [-0.1, -0.05) is 22.0 Å². The molecular weight excluding hydrogens is 360 g/mol. The molecule has 0 fully saturated rings.